The first-order valence-corrected chi connectivity index (χ1v) is 5.95. The Bertz CT molecular complexity index is 365. The molecule has 12 heavy (non-hydrogen) atoms. The van der Waals surface area contributed by atoms with Gasteiger partial charge in [0.1, 0.15) is 0 Å². The number of primary sulfonamides is 1. The Kier molecular flexibility index (Phi) is 2.55. The van der Waals surface area contributed by atoms with E-state index in [9.17, 15) is 8.42 Å². The van der Waals surface area contributed by atoms with Crippen molar-refractivity contribution in [3.8, 4) is 0 Å². The molecule has 0 atom stereocenters. The lowest BCUT2D eigenvalue weighted by Crippen LogP contribution is -2.10. The van der Waals surface area contributed by atoms with E-state index in [2.05, 4.69) is 0 Å². The topological polar surface area (TPSA) is 60.2 Å². The Morgan fingerprint density at radius 1 is 1.50 bits per heavy atom. The average Bonchev–Trinajstić information content (AvgIpc) is 2.30. The fourth-order valence-electron chi connectivity index (χ4n) is 0.786. The molecule has 1 heterocycles. The number of nitrogens with two attached hydrogens (primary N) is 1. The molecular formula is C7H11NO2S2. The van der Waals surface area contributed by atoms with E-state index < -0.39 is 10.0 Å². The van der Waals surface area contributed by atoms with Crippen LogP contribution in [0.3, 0.4) is 0 Å². The predicted molar refractivity (Wildman–Crippen MR) is 49.8 cm³/mol. The van der Waals surface area contributed by atoms with E-state index >= 15 is 0 Å². The Morgan fingerprint density at radius 2 is 2.08 bits per heavy atom. The zero-order chi connectivity index (χ0) is 9.35. The molecule has 2 N–H and O–H groups in total. The second-order valence-corrected chi connectivity index (χ2v) is 5.39. The van der Waals surface area contributed by atoms with Crippen LogP contribution >= 0.6 is 11.3 Å². The zero-order valence-electron chi connectivity index (χ0n) is 6.94. The largest absolute Gasteiger partial charge is 0.238 e. The Hall–Kier alpha value is -0.390. The van der Waals surface area contributed by atoms with Crippen molar-refractivity contribution in [2.75, 3.05) is 0 Å². The highest BCUT2D eigenvalue weighted by molar-refractivity contribution is 7.89. The summed E-state index contributed by atoms with van der Waals surface area (Å²) >= 11 is 1.43. The molecule has 0 saturated heterocycles. The summed E-state index contributed by atoms with van der Waals surface area (Å²) in [7, 11) is -3.51. The van der Waals surface area contributed by atoms with Crippen LogP contribution in [-0.4, -0.2) is 8.42 Å². The summed E-state index contributed by atoms with van der Waals surface area (Å²) in [5.74, 6) is 0.352. The van der Waals surface area contributed by atoms with Gasteiger partial charge in [0.2, 0.25) is 10.0 Å². The molecule has 0 radical (unpaired) electrons. The summed E-state index contributed by atoms with van der Waals surface area (Å²) in [4.78, 5) is 1.26. The fourth-order valence-corrected chi connectivity index (χ4v) is 2.62. The van der Waals surface area contributed by atoms with Crippen molar-refractivity contribution < 1.29 is 8.42 Å². The van der Waals surface area contributed by atoms with E-state index in [1.807, 2.05) is 13.8 Å². The van der Waals surface area contributed by atoms with Crippen LogP contribution in [0.2, 0.25) is 0 Å². The molecular weight excluding hydrogens is 194 g/mol. The maximum atomic E-state index is 10.9. The van der Waals surface area contributed by atoms with Crippen LogP contribution in [0.1, 0.15) is 24.6 Å². The molecule has 0 amide bonds. The lowest BCUT2D eigenvalue weighted by molar-refractivity contribution is 0.598. The SMILES string of the molecule is CC(C)c1cc(S(N)(=O)=O)cs1. The van der Waals surface area contributed by atoms with Gasteiger partial charge in [-0.05, 0) is 12.0 Å². The van der Waals surface area contributed by atoms with Gasteiger partial charge in [0.15, 0.2) is 0 Å². The van der Waals surface area contributed by atoms with Gasteiger partial charge in [-0.3, -0.25) is 0 Å². The molecule has 68 valence electrons. The monoisotopic (exact) mass is 205 g/mol. The molecule has 1 aromatic heterocycles. The van der Waals surface area contributed by atoms with Crippen LogP contribution in [0.15, 0.2) is 16.3 Å². The number of sulfonamides is 1. The number of rotatable bonds is 2. The summed E-state index contributed by atoms with van der Waals surface area (Å²) in [6.07, 6.45) is 0. The van der Waals surface area contributed by atoms with E-state index in [0.717, 1.165) is 4.88 Å². The summed E-state index contributed by atoms with van der Waals surface area (Å²) in [5.41, 5.74) is 0. The molecule has 0 aliphatic heterocycles. The minimum Gasteiger partial charge on any atom is -0.225 e. The first-order valence-electron chi connectivity index (χ1n) is 3.52. The molecule has 0 fully saturated rings. The molecule has 0 aliphatic rings. The Balaban J connectivity index is 3.09. The molecule has 0 unspecified atom stereocenters. The van der Waals surface area contributed by atoms with E-state index in [4.69, 9.17) is 5.14 Å². The maximum Gasteiger partial charge on any atom is 0.238 e. The van der Waals surface area contributed by atoms with Crippen LogP contribution in [0.5, 0.6) is 0 Å². The standard InChI is InChI=1S/C7H11NO2S2/c1-5(2)7-3-6(4-11-7)12(8,9)10/h3-5H,1-2H3,(H2,8,9,10). The van der Waals surface area contributed by atoms with E-state index in [1.54, 1.807) is 11.4 Å². The van der Waals surface area contributed by atoms with E-state index in [-0.39, 0.29) is 4.90 Å². The maximum absolute atomic E-state index is 10.9. The van der Waals surface area contributed by atoms with Gasteiger partial charge in [-0.1, -0.05) is 13.8 Å². The second kappa shape index (κ2) is 3.16. The van der Waals surface area contributed by atoms with Gasteiger partial charge in [0, 0.05) is 10.3 Å². The van der Waals surface area contributed by atoms with Gasteiger partial charge >= 0.3 is 0 Å². The van der Waals surface area contributed by atoms with Gasteiger partial charge in [-0.25, -0.2) is 13.6 Å². The highest BCUT2D eigenvalue weighted by atomic mass is 32.2. The molecule has 0 spiro atoms. The number of hydrogen-bond donors (Lipinski definition) is 1. The molecule has 0 saturated carbocycles. The lowest BCUT2D eigenvalue weighted by Gasteiger charge is -1.96. The molecule has 5 heteroatoms. The normalized spacial score (nSPS) is 12.3. The van der Waals surface area contributed by atoms with E-state index in [1.165, 1.54) is 11.3 Å². The first kappa shape index (κ1) is 9.70. The highest BCUT2D eigenvalue weighted by Crippen LogP contribution is 2.24. The zero-order valence-corrected chi connectivity index (χ0v) is 8.58. The van der Waals surface area contributed by atoms with Crippen LogP contribution < -0.4 is 5.14 Å². The first-order chi connectivity index (χ1) is 5.41. The summed E-state index contributed by atoms with van der Waals surface area (Å²) in [6.45, 7) is 4.03. The minimum atomic E-state index is -3.51. The summed E-state index contributed by atoms with van der Waals surface area (Å²) < 4.78 is 21.7. The third kappa shape index (κ3) is 2.06. The van der Waals surface area contributed by atoms with Crippen molar-refractivity contribution in [3.63, 3.8) is 0 Å². The third-order valence-corrected chi connectivity index (χ3v) is 3.77. The van der Waals surface area contributed by atoms with Crippen molar-refractivity contribution >= 4 is 21.4 Å². The highest BCUT2D eigenvalue weighted by Gasteiger charge is 2.11. The smallest absolute Gasteiger partial charge is 0.225 e. The second-order valence-electron chi connectivity index (χ2n) is 2.88. The van der Waals surface area contributed by atoms with Gasteiger partial charge < -0.3 is 0 Å². The van der Waals surface area contributed by atoms with Crippen molar-refractivity contribution in [2.45, 2.75) is 24.7 Å². The van der Waals surface area contributed by atoms with Crippen molar-refractivity contribution in [3.05, 3.63) is 16.3 Å². The quantitative estimate of drug-likeness (QED) is 0.795. The molecule has 0 bridgehead atoms. The van der Waals surface area contributed by atoms with E-state index in [0.29, 0.717) is 5.92 Å². The van der Waals surface area contributed by atoms with Gasteiger partial charge in [0.25, 0.3) is 0 Å². The Morgan fingerprint density at radius 3 is 2.33 bits per heavy atom. The summed E-state index contributed by atoms with van der Waals surface area (Å²) in [5, 5.41) is 6.52. The van der Waals surface area contributed by atoms with Crippen molar-refractivity contribution in [1.29, 1.82) is 0 Å². The average molecular weight is 205 g/mol. The van der Waals surface area contributed by atoms with Gasteiger partial charge in [-0.15, -0.1) is 11.3 Å². The number of thiophene rings is 1. The third-order valence-electron chi connectivity index (χ3n) is 1.49. The minimum absolute atomic E-state index is 0.219. The van der Waals surface area contributed by atoms with Crippen LogP contribution in [0.25, 0.3) is 0 Å². The van der Waals surface area contributed by atoms with Crippen molar-refractivity contribution in [2.24, 2.45) is 5.14 Å². The fraction of sp³-hybridized carbons (Fsp3) is 0.429. The van der Waals surface area contributed by atoms with Gasteiger partial charge in [-0.2, -0.15) is 0 Å². The van der Waals surface area contributed by atoms with Crippen molar-refractivity contribution in [1.82, 2.24) is 0 Å². The Labute approximate surface area is 76.3 Å². The van der Waals surface area contributed by atoms with Crippen LogP contribution in [0.4, 0.5) is 0 Å². The molecule has 1 aromatic rings. The molecule has 0 aromatic carbocycles. The molecule has 0 aliphatic carbocycles. The van der Waals surface area contributed by atoms with Gasteiger partial charge in [0.05, 0.1) is 4.90 Å². The summed E-state index contributed by atoms with van der Waals surface area (Å²) in [6, 6.07) is 1.63. The number of hydrogen-bond acceptors (Lipinski definition) is 3. The lowest BCUT2D eigenvalue weighted by atomic mass is 10.2. The molecule has 1 rings (SSSR count). The van der Waals surface area contributed by atoms with Crippen LogP contribution in [0, 0.1) is 0 Å². The predicted octanol–water partition coefficient (Wildman–Crippen LogP) is 1.52. The molecule has 3 nitrogen and oxygen atoms in total. The van der Waals surface area contributed by atoms with Crippen LogP contribution in [-0.2, 0) is 10.0 Å².